The first kappa shape index (κ1) is 23.3. The Labute approximate surface area is 207 Å². The van der Waals surface area contributed by atoms with Crippen molar-refractivity contribution < 1.29 is 14.6 Å². The molecule has 3 aromatic carbocycles. The van der Waals surface area contributed by atoms with E-state index in [0.29, 0.717) is 54.0 Å². The summed E-state index contributed by atoms with van der Waals surface area (Å²) >= 11 is 0. The van der Waals surface area contributed by atoms with Crippen molar-refractivity contribution in [1.82, 2.24) is 14.5 Å². The SMILES string of the molecule is NC(CCCn1cc(-c2nc3ccccc3[nH]c2=O)c2ccc(OCc3ccccc3)cc21)C(=O)O. The van der Waals surface area contributed by atoms with Crippen LogP contribution in [0, 0.1) is 0 Å². The molecule has 0 aliphatic heterocycles. The number of H-pyrrole nitrogens is 1. The van der Waals surface area contributed by atoms with Gasteiger partial charge in [-0.2, -0.15) is 0 Å². The number of ether oxygens (including phenoxy) is 1. The van der Waals surface area contributed by atoms with Crippen LogP contribution in [-0.2, 0) is 17.9 Å². The van der Waals surface area contributed by atoms with Crippen LogP contribution in [0.1, 0.15) is 18.4 Å². The Morgan fingerprint density at radius 2 is 1.86 bits per heavy atom. The molecule has 4 N–H and O–H groups in total. The second-order valence-electron chi connectivity index (χ2n) is 8.71. The lowest BCUT2D eigenvalue weighted by Crippen LogP contribution is -2.30. The zero-order chi connectivity index (χ0) is 25.1. The Morgan fingerprint density at radius 1 is 1.08 bits per heavy atom. The molecule has 2 aromatic heterocycles. The zero-order valence-electron chi connectivity index (χ0n) is 19.6. The Bertz CT molecular complexity index is 1590. The molecule has 182 valence electrons. The van der Waals surface area contributed by atoms with Gasteiger partial charge >= 0.3 is 5.97 Å². The molecule has 1 atom stereocenters. The number of rotatable bonds is 9. The number of aromatic amines is 1. The largest absolute Gasteiger partial charge is 0.489 e. The quantitative estimate of drug-likeness (QED) is 0.288. The summed E-state index contributed by atoms with van der Waals surface area (Å²) in [7, 11) is 0. The molecule has 0 saturated carbocycles. The minimum atomic E-state index is -1.02. The number of carboxylic acids is 1. The van der Waals surface area contributed by atoms with Crippen molar-refractivity contribution in [3.63, 3.8) is 0 Å². The molecule has 0 amide bonds. The first-order valence-electron chi connectivity index (χ1n) is 11.8. The third-order valence-electron chi connectivity index (χ3n) is 6.19. The monoisotopic (exact) mass is 482 g/mol. The molecule has 2 heterocycles. The van der Waals surface area contributed by atoms with Crippen LogP contribution in [0.25, 0.3) is 33.2 Å². The van der Waals surface area contributed by atoms with Gasteiger partial charge in [-0.1, -0.05) is 42.5 Å². The smallest absolute Gasteiger partial charge is 0.320 e. The van der Waals surface area contributed by atoms with Crippen LogP contribution in [0.15, 0.2) is 83.8 Å². The number of carbonyl (C=O) groups is 1. The van der Waals surface area contributed by atoms with E-state index >= 15 is 0 Å². The normalized spacial score (nSPS) is 12.1. The van der Waals surface area contributed by atoms with Gasteiger partial charge in [-0.05, 0) is 42.7 Å². The Morgan fingerprint density at radius 3 is 2.67 bits per heavy atom. The van der Waals surface area contributed by atoms with Crippen molar-refractivity contribution in [2.24, 2.45) is 5.73 Å². The number of aromatic nitrogens is 3. The van der Waals surface area contributed by atoms with E-state index in [4.69, 9.17) is 15.6 Å². The predicted molar refractivity (Wildman–Crippen MR) is 139 cm³/mol. The van der Waals surface area contributed by atoms with E-state index in [2.05, 4.69) is 9.97 Å². The van der Waals surface area contributed by atoms with E-state index in [0.717, 1.165) is 16.5 Å². The van der Waals surface area contributed by atoms with Crippen LogP contribution in [0.3, 0.4) is 0 Å². The van der Waals surface area contributed by atoms with Gasteiger partial charge in [-0.25, -0.2) is 4.98 Å². The van der Waals surface area contributed by atoms with E-state index in [1.54, 1.807) is 0 Å². The molecule has 0 saturated heterocycles. The average Bonchev–Trinajstić information content (AvgIpc) is 3.25. The maximum Gasteiger partial charge on any atom is 0.320 e. The molecule has 1 unspecified atom stereocenters. The van der Waals surface area contributed by atoms with Gasteiger partial charge in [0.2, 0.25) is 0 Å². The van der Waals surface area contributed by atoms with Crippen molar-refractivity contribution in [3.8, 4) is 17.0 Å². The molecule has 0 fully saturated rings. The fourth-order valence-corrected chi connectivity index (χ4v) is 4.29. The maximum atomic E-state index is 13.0. The van der Waals surface area contributed by atoms with Gasteiger partial charge in [0.25, 0.3) is 5.56 Å². The van der Waals surface area contributed by atoms with E-state index in [1.165, 1.54) is 0 Å². The lowest BCUT2D eigenvalue weighted by molar-refractivity contribution is -0.138. The number of fused-ring (bicyclic) bond motifs is 2. The van der Waals surface area contributed by atoms with Gasteiger partial charge in [0.1, 0.15) is 24.1 Å². The third-order valence-corrected chi connectivity index (χ3v) is 6.19. The minimum absolute atomic E-state index is 0.273. The molecule has 5 aromatic rings. The number of nitrogens with two attached hydrogens (primary N) is 1. The molecule has 0 bridgehead atoms. The summed E-state index contributed by atoms with van der Waals surface area (Å²) in [4.78, 5) is 31.7. The summed E-state index contributed by atoms with van der Waals surface area (Å²) in [6, 6.07) is 22.1. The van der Waals surface area contributed by atoms with Crippen molar-refractivity contribution in [3.05, 3.63) is 94.9 Å². The van der Waals surface area contributed by atoms with Gasteiger partial charge in [0, 0.05) is 29.8 Å². The molecule has 0 aliphatic rings. The summed E-state index contributed by atoms with van der Waals surface area (Å²) in [5.74, 6) is -0.323. The second kappa shape index (κ2) is 10.1. The molecule has 8 heteroatoms. The highest BCUT2D eigenvalue weighted by Crippen LogP contribution is 2.32. The first-order chi connectivity index (χ1) is 17.5. The highest BCUT2D eigenvalue weighted by molar-refractivity contribution is 5.96. The summed E-state index contributed by atoms with van der Waals surface area (Å²) in [5.41, 5.74) is 9.76. The number of para-hydroxylation sites is 2. The molecule has 0 spiro atoms. The van der Waals surface area contributed by atoms with Crippen molar-refractivity contribution in [1.29, 1.82) is 0 Å². The number of nitrogens with one attached hydrogen (secondary N) is 1. The van der Waals surface area contributed by atoms with Crippen molar-refractivity contribution in [2.75, 3.05) is 0 Å². The fourth-order valence-electron chi connectivity index (χ4n) is 4.29. The Hall–Kier alpha value is -4.43. The number of hydrogen-bond acceptors (Lipinski definition) is 5. The average molecular weight is 483 g/mol. The molecule has 36 heavy (non-hydrogen) atoms. The number of benzene rings is 3. The summed E-state index contributed by atoms with van der Waals surface area (Å²) in [5, 5.41) is 9.97. The van der Waals surface area contributed by atoms with Gasteiger partial charge in [-0.3, -0.25) is 9.59 Å². The molecular formula is C28H26N4O4. The Balaban J connectivity index is 1.53. The molecule has 8 nitrogen and oxygen atoms in total. The van der Waals surface area contributed by atoms with Crippen LogP contribution in [-0.4, -0.2) is 31.7 Å². The Kier molecular flexibility index (Phi) is 6.51. The molecular weight excluding hydrogens is 456 g/mol. The molecule has 0 radical (unpaired) electrons. The number of carboxylic acid groups (broad SMARTS) is 1. The van der Waals surface area contributed by atoms with E-state index in [1.807, 2.05) is 83.6 Å². The molecule has 0 aliphatic carbocycles. The minimum Gasteiger partial charge on any atom is -0.489 e. The fraction of sp³-hybridized carbons (Fsp3) is 0.179. The van der Waals surface area contributed by atoms with Crippen LogP contribution in [0.2, 0.25) is 0 Å². The van der Waals surface area contributed by atoms with Gasteiger partial charge in [0.05, 0.1) is 16.6 Å². The van der Waals surface area contributed by atoms with Gasteiger partial charge in [0.15, 0.2) is 0 Å². The van der Waals surface area contributed by atoms with Crippen LogP contribution in [0.5, 0.6) is 5.75 Å². The van der Waals surface area contributed by atoms with E-state index in [9.17, 15) is 9.59 Å². The maximum absolute atomic E-state index is 13.0. The highest BCUT2D eigenvalue weighted by atomic mass is 16.5. The third kappa shape index (κ3) is 4.85. The standard InChI is InChI=1S/C28H26N4O4/c29-22(28(34)35)9-6-14-32-16-21(26-27(33)31-24-11-5-4-10-23(24)30-26)20-13-12-19(15-25(20)32)36-17-18-7-2-1-3-8-18/h1-5,7-8,10-13,15-16,22H,6,9,14,17,29H2,(H,31,33)(H,34,35). The first-order valence-corrected chi connectivity index (χ1v) is 11.8. The zero-order valence-corrected chi connectivity index (χ0v) is 19.6. The van der Waals surface area contributed by atoms with Crippen LogP contribution >= 0.6 is 0 Å². The molecule has 5 rings (SSSR count). The van der Waals surface area contributed by atoms with Crippen LogP contribution in [0.4, 0.5) is 0 Å². The highest BCUT2D eigenvalue weighted by Gasteiger charge is 2.17. The number of hydrogen-bond donors (Lipinski definition) is 3. The summed E-state index contributed by atoms with van der Waals surface area (Å²) in [6.45, 7) is 0.963. The number of nitrogens with zero attached hydrogens (tertiary/aromatic N) is 2. The van der Waals surface area contributed by atoms with E-state index < -0.39 is 12.0 Å². The van der Waals surface area contributed by atoms with Crippen LogP contribution < -0.4 is 16.0 Å². The predicted octanol–water partition coefficient (Wildman–Crippen LogP) is 4.32. The van der Waals surface area contributed by atoms with Crippen molar-refractivity contribution in [2.45, 2.75) is 32.0 Å². The summed E-state index contributed by atoms with van der Waals surface area (Å²) < 4.78 is 8.04. The lowest BCUT2D eigenvalue weighted by atomic mass is 10.1. The number of aryl methyl sites for hydroxylation is 1. The topological polar surface area (TPSA) is 123 Å². The second-order valence-corrected chi connectivity index (χ2v) is 8.71. The van der Waals surface area contributed by atoms with Crippen molar-refractivity contribution >= 4 is 27.9 Å². The van der Waals surface area contributed by atoms with E-state index in [-0.39, 0.29) is 5.56 Å². The lowest BCUT2D eigenvalue weighted by Gasteiger charge is -2.10. The number of aliphatic carboxylic acids is 1. The summed E-state index contributed by atoms with van der Waals surface area (Å²) in [6.07, 6.45) is 2.79. The van der Waals surface area contributed by atoms with Gasteiger partial charge in [-0.15, -0.1) is 0 Å². The van der Waals surface area contributed by atoms with Gasteiger partial charge < -0.3 is 25.1 Å².